The maximum absolute atomic E-state index is 3.94. The predicted molar refractivity (Wildman–Crippen MR) is 80.4 cm³/mol. The fourth-order valence-corrected chi connectivity index (χ4v) is 4.55. The zero-order valence-corrected chi connectivity index (χ0v) is 12.8. The van der Waals surface area contributed by atoms with Gasteiger partial charge in [-0.2, -0.15) is 0 Å². The molecule has 3 heteroatoms. The fourth-order valence-electron chi connectivity index (χ4n) is 4.55. The first-order valence-electron chi connectivity index (χ1n) is 8.41. The minimum Gasteiger partial charge on any atom is -0.310 e. The molecule has 0 amide bonds. The van der Waals surface area contributed by atoms with Crippen molar-refractivity contribution in [3.8, 4) is 0 Å². The number of nitrogens with zero attached hydrogens (tertiary/aromatic N) is 2. The number of nitrogens with one attached hydrogen (secondary N) is 1. The van der Waals surface area contributed by atoms with Gasteiger partial charge in [-0.25, -0.2) is 0 Å². The number of rotatable bonds is 2. The van der Waals surface area contributed by atoms with Gasteiger partial charge in [0.05, 0.1) is 0 Å². The molecule has 1 aliphatic carbocycles. The molecule has 3 fully saturated rings. The first-order chi connectivity index (χ1) is 9.22. The van der Waals surface area contributed by atoms with Crippen LogP contribution in [0.2, 0.25) is 0 Å². The molecule has 2 aliphatic heterocycles. The van der Waals surface area contributed by atoms with Gasteiger partial charge in [-0.05, 0) is 58.7 Å². The summed E-state index contributed by atoms with van der Waals surface area (Å²) in [7, 11) is 2.27. The van der Waals surface area contributed by atoms with E-state index in [4.69, 9.17) is 0 Å². The van der Waals surface area contributed by atoms with E-state index in [1.807, 2.05) is 0 Å². The Morgan fingerprint density at radius 1 is 1.11 bits per heavy atom. The van der Waals surface area contributed by atoms with Gasteiger partial charge in [0, 0.05) is 31.2 Å². The Labute approximate surface area is 118 Å². The van der Waals surface area contributed by atoms with Crippen LogP contribution in [0.5, 0.6) is 0 Å². The summed E-state index contributed by atoms with van der Waals surface area (Å²) in [6.45, 7) is 7.48. The molecular formula is C16H31N3. The van der Waals surface area contributed by atoms with Gasteiger partial charge in [0.1, 0.15) is 0 Å². The van der Waals surface area contributed by atoms with E-state index in [-0.39, 0.29) is 0 Å². The molecule has 3 rings (SSSR count). The fraction of sp³-hybridized carbons (Fsp3) is 1.00. The second-order valence-electron chi connectivity index (χ2n) is 7.21. The highest BCUT2D eigenvalue weighted by molar-refractivity contribution is 4.94. The first kappa shape index (κ1) is 13.8. The third-order valence-electron chi connectivity index (χ3n) is 5.59. The maximum atomic E-state index is 3.94. The molecule has 0 aromatic heterocycles. The van der Waals surface area contributed by atoms with Crippen molar-refractivity contribution in [2.24, 2.45) is 5.92 Å². The van der Waals surface area contributed by atoms with Crippen molar-refractivity contribution in [3.05, 3.63) is 0 Å². The zero-order valence-electron chi connectivity index (χ0n) is 12.8. The molecule has 0 aromatic rings. The Bertz CT molecular complexity index is 280. The quantitative estimate of drug-likeness (QED) is 0.823. The molecule has 3 nitrogen and oxygen atoms in total. The van der Waals surface area contributed by atoms with E-state index in [1.54, 1.807) is 0 Å². The molecular weight excluding hydrogens is 234 g/mol. The Hall–Kier alpha value is -0.120. The van der Waals surface area contributed by atoms with Gasteiger partial charge >= 0.3 is 0 Å². The van der Waals surface area contributed by atoms with E-state index in [9.17, 15) is 0 Å². The Morgan fingerprint density at radius 3 is 2.79 bits per heavy atom. The van der Waals surface area contributed by atoms with E-state index in [2.05, 4.69) is 29.1 Å². The Kier molecular flexibility index (Phi) is 4.45. The largest absolute Gasteiger partial charge is 0.310 e. The summed E-state index contributed by atoms with van der Waals surface area (Å²) in [5, 5.41) is 3.94. The third-order valence-corrected chi connectivity index (χ3v) is 5.59. The summed E-state index contributed by atoms with van der Waals surface area (Å²) < 4.78 is 0. The number of likely N-dealkylation sites (N-methyl/N-ethyl adjacent to an activating group) is 1. The van der Waals surface area contributed by atoms with Crippen LogP contribution in [0.15, 0.2) is 0 Å². The molecule has 1 N–H and O–H groups in total. The summed E-state index contributed by atoms with van der Waals surface area (Å²) in [6, 6.07) is 2.33. The van der Waals surface area contributed by atoms with Crippen LogP contribution in [0, 0.1) is 5.92 Å². The monoisotopic (exact) mass is 265 g/mol. The molecule has 0 aromatic carbocycles. The maximum Gasteiger partial charge on any atom is 0.0201 e. The van der Waals surface area contributed by atoms with E-state index >= 15 is 0 Å². The van der Waals surface area contributed by atoms with Crippen LogP contribution in [-0.2, 0) is 0 Å². The number of hydrogen-bond donors (Lipinski definition) is 1. The summed E-state index contributed by atoms with van der Waals surface area (Å²) >= 11 is 0. The van der Waals surface area contributed by atoms with Crippen LogP contribution in [-0.4, -0.2) is 61.2 Å². The lowest BCUT2D eigenvalue weighted by Gasteiger charge is -2.30. The van der Waals surface area contributed by atoms with Crippen LogP contribution in [0.3, 0.4) is 0 Å². The molecule has 2 heterocycles. The predicted octanol–water partition coefficient (Wildman–Crippen LogP) is 1.93. The molecule has 0 bridgehead atoms. The van der Waals surface area contributed by atoms with E-state index in [1.165, 1.54) is 64.7 Å². The van der Waals surface area contributed by atoms with Crippen molar-refractivity contribution < 1.29 is 0 Å². The van der Waals surface area contributed by atoms with Crippen LogP contribution >= 0.6 is 0 Å². The lowest BCUT2D eigenvalue weighted by Crippen LogP contribution is -2.45. The van der Waals surface area contributed by atoms with Crippen molar-refractivity contribution >= 4 is 0 Å². The zero-order chi connectivity index (χ0) is 13.2. The summed E-state index contributed by atoms with van der Waals surface area (Å²) in [5.74, 6) is 0.990. The second kappa shape index (κ2) is 6.11. The summed E-state index contributed by atoms with van der Waals surface area (Å²) in [4.78, 5) is 5.23. The van der Waals surface area contributed by atoms with E-state index < -0.39 is 0 Å². The molecule has 0 radical (unpaired) electrons. The molecule has 19 heavy (non-hydrogen) atoms. The van der Waals surface area contributed by atoms with E-state index in [0.717, 1.165) is 24.0 Å². The van der Waals surface area contributed by atoms with Gasteiger partial charge in [0.15, 0.2) is 0 Å². The first-order valence-corrected chi connectivity index (χ1v) is 8.41. The molecule has 0 spiro atoms. The molecule has 3 aliphatic rings. The topological polar surface area (TPSA) is 18.5 Å². The Balaban J connectivity index is 1.53. The van der Waals surface area contributed by atoms with E-state index in [0.29, 0.717) is 0 Å². The highest BCUT2D eigenvalue weighted by Gasteiger charge is 2.36. The highest BCUT2D eigenvalue weighted by Crippen LogP contribution is 2.33. The van der Waals surface area contributed by atoms with Crippen LogP contribution in [0.1, 0.15) is 45.4 Å². The highest BCUT2D eigenvalue weighted by atomic mass is 15.2. The SMILES string of the molecule is CC1CN(C)CCCN1CC1CC2CCCCC2N1. The lowest BCUT2D eigenvalue weighted by molar-refractivity contribution is 0.185. The molecule has 4 atom stereocenters. The average molecular weight is 265 g/mol. The van der Waals surface area contributed by atoms with Gasteiger partial charge in [-0.3, -0.25) is 4.90 Å². The average Bonchev–Trinajstić information content (AvgIpc) is 2.72. The van der Waals surface area contributed by atoms with Gasteiger partial charge < -0.3 is 10.2 Å². The van der Waals surface area contributed by atoms with Crippen LogP contribution in [0.4, 0.5) is 0 Å². The Morgan fingerprint density at radius 2 is 1.95 bits per heavy atom. The minimum absolute atomic E-state index is 0.719. The molecule has 110 valence electrons. The van der Waals surface area contributed by atoms with Gasteiger partial charge in [-0.1, -0.05) is 12.8 Å². The van der Waals surface area contributed by atoms with Crippen LogP contribution in [0.25, 0.3) is 0 Å². The standard InChI is InChI=1S/C16H31N3/c1-13-11-18(2)8-5-9-19(13)12-15-10-14-6-3-4-7-16(14)17-15/h13-17H,3-12H2,1-2H3. The van der Waals surface area contributed by atoms with Crippen LogP contribution < -0.4 is 5.32 Å². The molecule has 1 saturated carbocycles. The normalized spacial score (nSPS) is 42.0. The lowest BCUT2D eigenvalue weighted by atomic mass is 9.85. The van der Waals surface area contributed by atoms with Gasteiger partial charge in [0.2, 0.25) is 0 Å². The third kappa shape index (κ3) is 3.32. The summed E-state index contributed by atoms with van der Waals surface area (Å²) in [6.07, 6.45) is 8.60. The number of hydrogen-bond acceptors (Lipinski definition) is 3. The van der Waals surface area contributed by atoms with Gasteiger partial charge in [0.25, 0.3) is 0 Å². The summed E-state index contributed by atoms with van der Waals surface area (Å²) in [5.41, 5.74) is 0. The molecule has 2 saturated heterocycles. The van der Waals surface area contributed by atoms with Crippen molar-refractivity contribution in [1.82, 2.24) is 15.1 Å². The van der Waals surface area contributed by atoms with Crippen molar-refractivity contribution in [2.75, 3.05) is 33.2 Å². The van der Waals surface area contributed by atoms with Crippen molar-refractivity contribution in [3.63, 3.8) is 0 Å². The van der Waals surface area contributed by atoms with Gasteiger partial charge in [-0.15, -0.1) is 0 Å². The second-order valence-corrected chi connectivity index (χ2v) is 7.21. The smallest absolute Gasteiger partial charge is 0.0201 e. The molecule has 4 unspecified atom stereocenters. The van der Waals surface area contributed by atoms with Crippen molar-refractivity contribution in [2.45, 2.75) is 63.6 Å². The van der Waals surface area contributed by atoms with Crippen molar-refractivity contribution in [1.29, 1.82) is 0 Å². The minimum atomic E-state index is 0.719. The number of fused-ring (bicyclic) bond motifs is 1.